The number of benzene rings is 2. The van der Waals surface area contributed by atoms with E-state index in [4.69, 9.17) is 15.6 Å². The fraction of sp³-hybridized carbons (Fsp3) is 0.535. The molecule has 2 aliphatic rings. The second-order valence-corrected chi connectivity index (χ2v) is 16.3. The molecular weight excluding hydrogens is 761 g/mol. The number of hydrogen-bond acceptors (Lipinski definition) is 9. The molecule has 4 rings (SSSR count). The van der Waals surface area contributed by atoms with Crippen molar-refractivity contribution in [2.45, 2.75) is 128 Å². The molecule has 1 aliphatic carbocycles. The van der Waals surface area contributed by atoms with Crippen molar-refractivity contribution in [3.05, 3.63) is 71.3 Å². The van der Waals surface area contributed by atoms with Crippen LogP contribution in [0.5, 0.6) is 0 Å². The number of rotatable bonds is 19. The van der Waals surface area contributed by atoms with Crippen LogP contribution in [0.25, 0.3) is 0 Å². The number of carboxylic acids is 1. The molecule has 1 heterocycles. The molecule has 2 fully saturated rings. The second kappa shape index (κ2) is 21.4. The molecule has 0 aromatic heterocycles. The Balaban J connectivity index is 1.48. The summed E-state index contributed by atoms with van der Waals surface area (Å²) in [5.74, 6) is -6.39. The average Bonchev–Trinajstić information content (AvgIpc) is 3.61. The van der Waals surface area contributed by atoms with E-state index in [1.165, 1.54) is 4.90 Å². The number of likely N-dealkylation sites (tertiary alicyclic amines) is 1. The minimum Gasteiger partial charge on any atom is -0.481 e. The Bertz CT molecular complexity index is 1820. The number of carbonyl (C=O) groups is 8. The Morgan fingerprint density at radius 3 is 2.05 bits per heavy atom. The standard InChI is InChI=1S/C43H58N6O10/c1-5-12-31(38(54)41(57)45-24-34(51)48-36(39(44)55)28-13-8-6-9-14-28)46-40(56)32-23-30(59-43(2,3)4)25-49(32)42(58)37(29-15-10-7-11-16-29)47-33(50)21-26-17-19-27(20-18-26)22-35(52)53/h6,8-9,13-14,17-20,29-32,36-37H,5,7,10-12,15-16,21-25H2,1-4H3,(H2,44,55)(H,45,57)(H,46,56)(H,47,50)(H,48,51)(H,52,53). The van der Waals surface area contributed by atoms with Gasteiger partial charge in [0, 0.05) is 13.0 Å². The van der Waals surface area contributed by atoms with E-state index in [1.54, 1.807) is 61.5 Å². The first-order valence-electron chi connectivity index (χ1n) is 20.3. The lowest BCUT2D eigenvalue weighted by Crippen LogP contribution is -2.58. The number of carbonyl (C=O) groups excluding carboxylic acids is 7. The van der Waals surface area contributed by atoms with Crippen molar-refractivity contribution in [3.8, 4) is 0 Å². The van der Waals surface area contributed by atoms with Crippen LogP contribution in [-0.2, 0) is 55.9 Å². The summed E-state index contributed by atoms with van der Waals surface area (Å²) in [5, 5.41) is 19.5. The first-order chi connectivity index (χ1) is 27.9. The highest BCUT2D eigenvalue weighted by Crippen LogP contribution is 2.31. The zero-order chi connectivity index (χ0) is 43.3. The Morgan fingerprint density at radius 2 is 1.47 bits per heavy atom. The van der Waals surface area contributed by atoms with Crippen molar-refractivity contribution in [2.24, 2.45) is 11.7 Å². The van der Waals surface area contributed by atoms with E-state index in [0.717, 1.165) is 19.3 Å². The molecule has 7 N–H and O–H groups in total. The summed E-state index contributed by atoms with van der Waals surface area (Å²) in [6.45, 7) is 6.75. The van der Waals surface area contributed by atoms with Crippen molar-refractivity contribution in [2.75, 3.05) is 13.1 Å². The van der Waals surface area contributed by atoms with Crippen LogP contribution in [0.2, 0.25) is 0 Å². The number of ether oxygens (including phenoxy) is 1. The topological polar surface area (TPSA) is 243 Å². The fourth-order valence-corrected chi connectivity index (χ4v) is 7.67. The first-order valence-corrected chi connectivity index (χ1v) is 20.3. The molecule has 1 saturated heterocycles. The number of primary amides is 1. The van der Waals surface area contributed by atoms with Gasteiger partial charge in [-0.1, -0.05) is 87.2 Å². The molecule has 2 aromatic rings. The van der Waals surface area contributed by atoms with E-state index in [9.17, 15) is 38.4 Å². The minimum atomic E-state index is -1.28. The zero-order valence-electron chi connectivity index (χ0n) is 34.3. The molecule has 2 aromatic carbocycles. The van der Waals surface area contributed by atoms with Crippen molar-refractivity contribution in [3.63, 3.8) is 0 Å². The quantitative estimate of drug-likeness (QED) is 0.113. The van der Waals surface area contributed by atoms with Crippen LogP contribution in [0, 0.1) is 5.92 Å². The number of nitrogens with zero attached hydrogens (tertiary/aromatic N) is 1. The SMILES string of the molecule is CCCC(NC(=O)C1CC(OC(C)(C)C)CN1C(=O)C(NC(=O)Cc1ccc(CC(=O)O)cc1)C1CCCCC1)C(=O)C(=O)NCC(=O)NC(C(N)=O)c1ccccc1. The van der Waals surface area contributed by atoms with Gasteiger partial charge in [-0.3, -0.25) is 38.4 Å². The summed E-state index contributed by atoms with van der Waals surface area (Å²) in [6, 6.07) is 10.4. The molecule has 0 bridgehead atoms. The number of ketones is 1. The zero-order valence-corrected chi connectivity index (χ0v) is 34.3. The predicted octanol–water partition coefficient (Wildman–Crippen LogP) is 2.02. The number of amides is 6. The van der Waals surface area contributed by atoms with Gasteiger partial charge in [-0.25, -0.2) is 0 Å². The van der Waals surface area contributed by atoms with Gasteiger partial charge in [0.1, 0.15) is 18.1 Å². The van der Waals surface area contributed by atoms with Crippen LogP contribution in [-0.4, -0.2) is 100 Å². The molecule has 0 spiro atoms. The molecular formula is C43H58N6O10. The highest BCUT2D eigenvalue weighted by Gasteiger charge is 2.46. The number of Topliss-reactive ketones (excluding diaryl/α,β-unsaturated/α-hetero) is 1. The first kappa shape index (κ1) is 46.1. The normalized spacial score (nSPS) is 18.5. The van der Waals surface area contributed by atoms with E-state index < -0.39 is 89.6 Å². The Hall–Kier alpha value is -5.64. The molecule has 1 aliphatic heterocycles. The summed E-state index contributed by atoms with van der Waals surface area (Å²) >= 11 is 0. The molecule has 5 atom stereocenters. The molecule has 1 saturated carbocycles. The van der Waals surface area contributed by atoms with Gasteiger partial charge in [0.25, 0.3) is 5.91 Å². The largest absolute Gasteiger partial charge is 0.481 e. The van der Waals surface area contributed by atoms with E-state index in [2.05, 4.69) is 21.3 Å². The van der Waals surface area contributed by atoms with Gasteiger partial charge in [0.2, 0.25) is 35.3 Å². The van der Waals surface area contributed by atoms with Gasteiger partial charge in [-0.05, 0) is 62.6 Å². The maximum atomic E-state index is 14.6. The maximum Gasteiger partial charge on any atom is 0.307 e. The van der Waals surface area contributed by atoms with Gasteiger partial charge in [0.15, 0.2) is 0 Å². The highest BCUT2D eigenvalue weighted by molar-refractivity contribution is 6.38. The third kappa shape index (κ3) is 14.0. The molecule has 0 radical (unpaired) electrons. The molecule has 16 nitrogen and oxygen atoms in total. The fourth-order valence-electron chi connectivity index (χ4n) is 7.67. The summed E-state index contributed by atoms with van der Waals surface area (Å²) in [7, 11) is 0. The van der Waals surface area contributed by atoms with Crippen molar-refractivity contribution in [1.29, 1.82) is 0 Å². The predicted molar refractivity (Wildman–Crippen MR) is 216 cm³/mol. The van der Waals surface area contributed by atoms with Gasteiger partial charge in [0.05, 0.1) is 37.1 Å². The molecule has 59 heavy (non-hydrogen) atoms. The van der Waals surface area contributed by atoms with Gasteiger partial charge in [-0.2, -0.15) is 0 Å². The van der Waals surface area contributed by atoms with E-state index >= 15 is 0 Å². The Morgan fingerprint density at radius 1 is 0.847 bits per heavy atom. The molecule has 5 unspecified atom stereocenters. The number of nitrogens with one attached hydrogen (secondary N) is 4. The third-order valence-electron chi connectivity index (χ3n) is 10.4. The maximum absolute atomic E-state index is 14.6. The van der Waals surface area contributed by atoms with E-state index in [0.29, 0.717) is 36.0 Å². The van der Waals surface area contributed by atoms with Crippen molar-refractivity contribution < 1.29 is 48.2 Å². The van der Waals surface area contributed by atoms with Gasteiger partial charge in [-0.15, -0.1) is 0 Å². The summed E-state index contributed by atoms with van der Waals surface area (Å²) < 4.78 is 6.25. The van der Waals surface area contributed by atoms with Crippen LogP contribution in [0.4, 0.5) is 0 Å². The lowest BCUT2D eigenvalue weighted by atomic mass is 9.83. The third-order valence-corrected chi connectivity index (χ3v) is 10.4. The summed E-state index contributed by atoms with van der Waals surface area (Å²) in [4.78, 5) is 106. The van der Waals surface area contributed by atoms with E-state index in [1.807, 2.05) is 20.8 Å². The van der Waals surface area contributed by atoms with Crippen LogP contribution >= 0.6 is 0 Å². The van der Waals surface area contributed by atoms with Crippen LogP contribution in [0.3, 0.4) is 0 Å². The van der Waals surface area contributed by atoms with Crippen LogP contribution < -0.4 is 27.0 Å². The van der Waals surface area contributed by atoms with Crippen molar-refractivity contribution in [1.82, 2.24) is 26.2 Å². The average molecular weight is 819 g/mol. The van der Waals surface area contributed by atoms with Gasteiger partial charge < -0.3 is 41.7 Å². The number of aliphatic carboxylic acids is 1. The second-order valence-electron chi connectivity index (χ2n) is 16.3. The summed E-state index contributed by atoms with van der Waals surface area (Å²) in [6.07, 6.45) is 3.98. The van der Waals surface area contributed by atoms with Crippen molar-refractivity contribution >= 4 is 47.2 Å². The Labute approximate surface area is 344 Å². The molecule has 320 valence electrons. The lowest BCUT2D eigenvalue weighted by Gasteiger charge is -2.35. The monoisotopic (exact) mass is 818 g/mol. The number of hydrogen-bond donors (Lipinski definition) is 6. The lowest BCUT2D eigenvalue weighted by molar-refractivity contribution is -0.144. The minimum absolute atomic E-state index is 0.0488. The molecule has 16 heteroatoms. The number of nitrogens with two attached hydrogens (primary N) is 1. The smallest absolute Gasteiger partial charge is 0.307 e. The van der Waals surface area contributed by atoms with Crippen LogP contribution in [0.15, 0.2) is 54.6 Å². The molecule has 6 amide bonds. The van der Waals surface area contributed by atoms with Gasteiger partial charge >= 0.3 is 5.97 Å². The number of carboxylic acid groups (broad SMARTS) is 1. The highest BCUT2D eigenvalue weighted by atomic mass is 16.5. The van der Waals surface area contributed by atoms with E-state index in [-0.39, 0.29) is 38.1 Å². The summed E-state index contributed by atoms with van der Waals surface area (Å²) in [5.41, 5.74) is 6.52. The van der Waals surface area contributed by atoms with Crippen LogP contribution in [0.1, 0.15) is 102 Å². The Kier molecular flexibility index (Phi) is 16.7.